The quantitative estimate of drug-likeness (QED) is 0.901. The predicted octanol–water partition coefficient (Wildman–Crippen LogP) is 1.81. The number of likely N-dealkylation sites (tertiary alicyclic amines) is 1. The number of benzene rings is 1. The fourth-order valence-corrected chi connectivity index (χ4v) is 2.84. The maximum Gasteiger partial charge on any atom is 0.321 e. The summed E-state index contributed by atoms with van der Waals surface area (Å²) >= 11 is 0. The second kappa shape index (κ2) is 6.78. The van der Waals surface area contributed by atoms with Gasteiger partial charge in [0, 0.05) is 37.7 Å². The molecule has 7 nitrogen and oxygen atoms in total. The minimum Gasteiger partial charge on any atom is -0.396 e. The van der Waals surface area contributed by atoms with E-state index >= 15 is 0 Å². The Kier molecular flexibility index (Phi) is 4.57. The fraction of sp³-hybridized carbons (Fsp3) is 0.438. The number of aromatic nitrogens is 3. The third-order valence-corrected chi connectivity index (χ3v) is 4.20. The first-order chi connectivity index (χ1) is 11.2. The lowest BCUT2D eigenvalue weighted by molar-refractivity contribution is 0.209. The van der Waals surface area contributed by atoms with Gasteiger partial charge in [-0.15, -0.1) is 10.2 Å². The molecule has 23 heavy (non-hydrogen) atoms. The van der Waals surface area contributed by atoms with Gasteiger partial charge in [0.05, 0.1) is 5.69 Å². The van der Waals surface area contributed by atoms with E-state index < -0.39 is 0 Å². The number of anilines is 1. The molecule has 1 saturated heterocycles. The van der Waals surface area contributed by atoms with Crippen molar-refractivity contribution in [2.45, 2.75) is 19.9 Å². The molecule has 3 rings (SSSR count). The SMILES string of the molecule is CCn1cnnc1-c1ccccc1NC(=O)N1CCC(CO)C1. The molecule has 1 aliphatic rings. The predicted molar refractivity (Wildman–Crippen MR) is 86.9 cm³/mol. The van der Waals surface area contributed by atoms with Gasteiger partial charge in [-0.3, -0.25) is 0 Å². The summed E-state index contributed by atoms with van der Waals surface area (Å²) in [6, 6.07) is 7.44. The maximum atomic E-state index is 12.4. The minimum absolute atomic E-state index is 0.125. The normalized spacial score (nSPS) is 17.5. The second-order valence-electron chi connectivity index (χ2n) is 5.70. The number of amides is 2. The number of nitrogens with zero attached hydrogens (tertiary/aromatic N) is 4. The van der Waals surface area contributed by atoms with Gasteiger partial charge >= 0.3 is 6.03 Å². The lowest BCUT2D eigenvalue weighted by Gasteiger charge is -2.18. The molecule has 122 valence electrons. The summed E-state index contributed by atoms with van der Waals surface area (Å²) < 4.78 is 1.93. The van der Waals surface area contributed by atoms with Gasteiger partial charge in [0.2, 0.25) is 0 Å². The molecule has 1 aromatic carbocycles. The van der Waals surface area contributed by atoms with E-state index in [0.29, 0.717) is 18.8 Å². The molecule has 1 aromatic heterocycles. The number of aliphatic hydroxyl groups is 1. The van der Waals surface area contributed by atoms with Gasteiger partial charge in [0.25, 0.3) is 0 Å². The van der Waals surface area contributed by atoms with Crippen molar-refractivity contribution in [3.8, 4) is 11.4 Å². The Hall–Kier alpha value is -2.41. The van der Waals surface area contributed by atoms with Crippen molar-refractivity contribution in [1.29, 1.82) is 0 Å². The molecule has 0 aliphatic carbocycles. The standard InChI is InChI=1S/C16H21N5O2/c1-2-20-11-17-19-15(20)13-5-3-4-6-14(13)18-16(23)21-8-7-12(9-21)10-22/h3-6,11-12,22H,2,7-10H2,1H3,(H,18,23). The van der Waals surface area contributed by atoms with E-state index in [0.717, 1.165) is 24.4 Å². The molecule has 2 aromatic rings. The van der Waals surface area contributed by atoms with E-state index in [4.69, 9.17) is 0 Å². The Morgan fingerprint density at radius 2 is 2.26 bits per heavy atom. The summed E-state index contributed by atoms with van der Waals surface area (Å²) in [5.74, 6) is 0.914. The highest BCUT2D eigenvalue weighted by Gasteiger charge is 2.26. The van der Waals surface area contributed by atoms with Gasteiger partial charge in [0.15, 0.2) is 5.82 Å². The zero-order valence-corrected chi connectivity index (χ0v) is 13.1. The van der Waals surface area contributed by atoms with Crippen molar-refractivity contribution >= 4 is 11.7 Å². The maximum absolute atomic E-state index is 12.4. The number of carbonyl (C=O) groups excluding carboxylic acids is 1. The van der Waals surface area contributed by atoms with Crippen molar-refractivity contribution in [3.63, 3.8) is 0 Å². The molecule has 0 saturated carbocycles. The monoisotopic (exact) mass is 315 g/mol. The number of hydrogen-bond donors (Lipinski definition) is 2. The molecular weight excluding hydrogens is 294 g/mol. The first-order valence-electron chi connectivity index (χ1n) is 7.87. The van der Waals surface area contributed by atoms with Crippen LogP contribution in [0, 0.1) is 5.92 Å². The van der Waals surface area contributed by atoms with Crippen LogP contribution in [0.5, 0.6) is 0 Å². The van der Waals surface area contributed by atoms with Gasteiger partial charge in [-0.1, -0.05) is 12.1 Å². The smallest absolute Gasteiger partial charge is 0.321 e. The lowest BCUT2D eigenvalue weighted by atomic mass is 10.1. The number of rotatable bonds is 4. The molecule has 1 unspecified atom stereocenters. The Labute approximate surface area is 134 Å². The van der Waals surface area contributed by atoms with Crippen molar-refractivity contribution in [2.24, 2.45) is 5.92 Å². The number of aliphatic hydroxyl groups excluding tert-OH is 1. The average molecular weight is 315 g/mol. The van der Waals surface area contributed by atoms with Gasteiger partial charge in [0.1, 0.15) is 6.33 Å². The van der Waals surface area contributed by atoms with Crippen LogP contribution in [0.15, 0.2) is 30.6 Å². The van der Waals surface area contributed by atoms with Crippen molar-refractivity contribution in [1.82, 2.24) is 19.7 Å². The van der Waals surface area contributed by atoms with Crippen LogP contribution in [-0.4, -0.2) is 50.5 Å². The molecule has 1 fully saturated rings. The third kappa shape index (κ3) is 3.19. The lowest BCUT2D eigenvalue weighted by Crippen LogP contribution is -2.33. The van der Waals surface area contributed by atoms with Crippen molar-refractivity contribution in [3.05, 3.63) is 30.6 Å². The highest BCUT2D eigenvalue weighted by atomic mass is 16.3. The van der Waals surface area contributed by atoms with Crippen LogP contribution in [0.25, 0.3) is 11.4 Å². The van der Waals surface area contributed by atoms with Crippen LogP contribution in [0.4, 0.5) is 10.5 Å². The van der Waals surface area contributed by atoms with E-state index in [1.165, 1.54) is 0 Å². The second-order valence-corrected chi connectivity index (χ2v) is 5.70. The summed E-state index contributed by atoms with van der Waals surface area (Å²) in [5.41, 5.74) is 1.56. The van der Waals surface area contributed by atoms with Crippen LogP contribution < -0.4 is 5.32 Å². The van der Waals surface area contributed by atoms with E-state index in [1.807, 2.05) is 35.8 Å². The van der Waals surface area contributed by atoms with Crippen LogP contribution in [0.1, 0.15) is 13.3 Å². The van der Waals surface area contributed by atoms with E-state index in [9.17, 15) is 9.90 Å². The first kappa shape index (κ1) is 15.5. The zero-order valence-electron chi connectivity index (χ0n) is 13.1. The Morgan fingerprint density at radius 3 is 3.00 bits per heavy atom. The highest BCUT2D eigenvalue weighted by Crippen LogP contribution is 2.27. The van der Waals surface area contributed by atoms with E-state index in [2.05, 4.69) is 15.5 Å². The van der Waals surface area contributed by atoms with Crippen LogP contribution in [0.3, 0.4) is 0 Å². The third-order valence-electron chi connectivity index (χ3n) is 4.20. The summed E-state index contributed by atoms with van der Waals surface area (Å²) in [4.78, 5) is 14.2. The molecule has 2 amide bonds. The van der Waals surface area contributed by atoms with Crippen LogP contribution >= 0.6 is 0 Å². The summed E-state index contributed by atoms with van der Waals surface area (Å²) in [5, 5.41) is 20.3. The molecule has 1 aliphatic heterocycles. The number of nitrogens with one attached hydrogen (secondary N) is 1. The topological polar surface area (TPSA) is 83.3 Å². The Morgan fingerprint density at radius 1 is 1.43 bits per heavy atom. The molecule has 2 heterocycles. The first-order valence-corrected chi connectivity index (χ1v) is 7.87. The minimum atomic E-state index is -0.143. The number of para-hydroxylation sites is 1. The van der Waals surface area contributed by atoms with E-state index in [1.54, 1.807) is 11.2 Å². The van der Waals surface area contributed by atoms with Gasteiger partial charge in [-0.25, -0.2) is 4.79 Å². The Bertz CT molecular complexity index is 685. The number of hydrogen-bond acceptors (Lipinski definition) is 4. The molecule has 0 bridgehead atoms. The molecule has 1 atom stereocenters. The summed E-state index contributed by atoms with van der Waals surface area (Å²) in [7, 11) is 0. The van der Waals surface area contributed by atoms with Crippen molar-refractivity contribution < 1.29 is 9.90 Å². The highest BCUT2D eigenvalue weighted by molar-refractivity contribution is 5.93. The number of aryl methyl sites for hydroxylation is 1. The average Bonchev–Trinajstić information content (AvgIpc) is 3.24. The van der Waals surface area contributed by atoms with Crippen molar-refractivity contribution in [2.75, 3.05) is 25.0 Å². The molecule has 2 N–H and O–H groups in total. The summed E-state index contributed by atoms with van der Waals surface area (Å²) in [6.45, 7) is 4.17. The van der Waals surface area contributed by atoms with Gasteiger partial charge < -0.3 is 19.9 Å². The molecule has 0 spiro atoms. The fourth-order valence-electron chi connectivity index (χ4n) is 2.84. The number of urea groups is 1. The summed E-state index contributed by atoms with van der Waals surface area (Å²) in [6.07, 6.45) is 2.52. The van der Waals surface area contributed by atoms with Crippen LogP contribution in [-0.2, 0) is 6.54 Å². The zero-order chi connectivity index (χ0) is 16.2. The molecular formula is C16H21N5O2. The van der Waals surface area contributed by atoms with E-state index in [-0.39, 0.29) is 18.6 Å². The largest absolute Gasteiger partial charge is 0.396 e. The van der Waals surface area contributed by atoms with Crippen LogP contribution in [0.2, 0.25) is 0 Å². The molecule has 0 radical (unpaired) electrons. The number of carbonyl (C=O) groups is 1. The van der Waals surface area contributed by atoms with Gasteiger partial charge in [-0.05, 0) is 25.5 Å². The molecule has 7 heteroatoms. The Balaban J connectivity index is 1.80. The van der Waals surface area contributed by atoms with Gasteiger partial charge in [-0.2, -0.15) is 0 Å².